The van der Waals surface area contributed by atoms with Gasteiger partial charge in [-0.25, -0.2) is 0 Å². The Morgan fingerprint density at radius 2 is 1.47 bits per heavy atom. The highest BCUT2D eigenvalue weighted by atomic mass is 16.2. The topological polar surface area (TPSA) is 73.0 Å². The van der Waals surface area contributed by atoms with E-state index in [-0.39, 0.29) is 35.9 Å². The van der Waals surface area contributed by atoms with E-state index in [9.17, 15) is 14.4 Å². The third-order valence-corrected chi connectivity index (χ3v) is 6.96. The molecule has 7 heteroatoms. The summed E-state index contributed by atoms with van der Waals surface area (Å²) in [6.45, 7) is 4.79. The van der Waals surface area contributed by atoms with E-state index >= 15 is 0 Å². The molecule has 0 bridgehead atoms. The number of fused-ring (bicyclic) bond motifs is 1. The first-order valence-corrected chi connectivity index (χ1v) is 12.3. The Hall–Kier alpha value is -3.81. The van der Waals surface area contributed by atoms with Crippen molar-refractivity contribution < 1.29 is 14.4 Å². The molecule has 3 aromatic carbocycles. The number of nitrogens with one attached hydrogen (secondary N) is 1. The van der Waals surface area contributed by atoms with Gasteiger partial charge < -0.3 is 10.2 Å². The molecule has 2 aliphatic rings. The number of imide groups is 1. The maximum absolute atomic E-state index is 13.3. The van der Waals surface area contributed by atoms with E-state index in [4.69, 9.17) is 0 Å². The normalized spacial score (nSPS) is 17.2. The molecule has 1 atom stereocenters. The van der Waals surface area contributed by atoms with Crippen molar-refractivity contribution in [1.82, 2.24) is 20.0 Å². The van der Waals surface area contributed by atoms with Gasteiger partial charge >= 0.3 is 0 Å². The number of carbonyl (C=O) groups excluding carboxylic acids is 3. The van der Waals surface area contributed by atoms with Crippen LogP contribution in [-0.2, 0) is 6.54 Å². The predicted octanol–water partition coefficient (Wildman–Crippen LogP) is 3.20. The largest absolute Gasteiger partial charge is 0.344 e. The highest BCUT2D eigenvalue weighted by Gasteiger charge is 2.36. The molecule has 1 fully saturated rings. The quantitative estimate of drug-likeness (QED) is 0.524. The van der Waals surface area contributed by atoms with Gasteiger partial charge in [0.1, 0.15) is 0 Å². The van der Waals surface area contributed by atoms with Crippen LogP contribution in [0, 0.1) is 0 Å². The van der Waals surface area contributed by atoms with Crippen molar-refractivity contribution in [1.29, 1.82) is 0 Å². The lowest BCUT2D eigenvalue weighted by atomic mass is 10.0. The highest BCUT2D eigenvalue weighted by Crippen LogP contribution is 2.26. The number of hydrogen-bond donors (Lipinski definition) is 1. The molecule has 3 aromatic rings. The summed E-state index contributed by atoms with van der Waals surface area (Å²) in [5.74, 6) is -0.962. The number of amides is 3. The van der Waals surface area contributed by atoms with Gasteiger partial charge in [-0.2, -0.15) is 0 Å². The lowest BCUT2D eigenvalue weighted by Gasteiger charge is -2.35. The van der Waals surface area contributed by atoms with E-state index in [1.165, 1.54) is 4.90 Å². The van der Waals surface area contributed by atoms with Crippen molar-refractivity contribution in [2.75, 3.05) is 39.8 Å². The molecule has 1 N–H and O–H groups in total. The number of benzene rings is 3. The SMILES string of the molecule is CN1CCN(CC(NC(=O)c2ccc3c(c2)C(=O)N(Cc2ccccc2)C3=O)c2ccccc2)CC1. The molecule has 0 spiro atoms. The third-order valence-electron chi connectivity index (χ3n) is 6.96. The predicted molar refractivity (Wildman–Crippen MR) is 138 cm³/mol. The van der Waals surface area contributed by atoms with Crippen LogP contribution in [0.4, 0.5) is 0 Å². The van der Waals surface area contributed by atoms with Gasteiger partial charge in [-0.05, 0) is 36.4 Å². The van der Waals surface area contributed by atoms with Crippen molar-refractivity contribution in [3.8, 4) is 0 Å². The van der Waals surface area contributed by atoms with Gasteiger partial charge in [0.05, 0.1) is 23.7 Å². The molecule has 0 radical (unpaired) electrons. The van der Waals surface area contributed by atoms with Crippen LogP contribution in [0.15, 0.2) is 78.9 Å². The molecule has 0 aliphatic carbocycles. The molecule has 3 amide bonds. The summed E-state index contributed by atoms with van der Waals surface area (Å²) in [5.41, 5.74) is 2.89. The molecule has 2 heterocycles. The second-order valence-electron chi connectivity index (χ2n) is 9.48. The maximum Gasteiger partial charge on any atom is 0.261 e. The summed E-state index contributed by atoms with van der Waals surface area (Å²) in [4.78, 5) is 45.2. The van der Waals surface area contributed by atoms with Gasteiger partial charge in [-0.3, -0.25) is 24.2 Å². The molecular weight excluding hydrogens is 452 g/mol. The molecule has 1 saturated heterocycles. The number of hydrogen-bond acceptors (Lipinski definition) is 5. The van der Waals surface area contributed by atoms with Crippen LogP contribution in [0.5, 0.6) is 0 Å². The fraction of sp³-hybridized carbons (Fsp3) is 0.276. The Morgan fingerprint density at radius 3 is 2.17 bits per heavy atom. The summed E-state index contributed by atoms with van der Waals surface area (Å²) >= 11 is 0. The first kappa shape index (κ1) is 23.9. The molecule has 36 heavy (non-hydrogen) atoms. The van der Waals surface area contributed by atoms with Crippen LogP contribution in [0.1, 0.15) is 48.2 Å². The second kappa shape index (κ2) is 10.4. The average molecular weight is 483 g/mol. The van der Waals surface area contributed by atoms with Gasteiger partial charge in [0.25, 0.3) is 17.7 Å². The first-order chi connectivity index (χ1) is 17.5. The molecule has 0 saturated carbocycles. The zero-order valence-corrected chi connectivity index (χ0v) is 20.4. The zero-order valence-electron chi connectivity index (χ0n) is 20.4. The minimum absolute atomic E-state index is 0.192. The summed E-state index contributed by atoms with van der Waals surface area (Å²) in [5, 5.41) is 3.17. The van der Waals surface area contributed by atoms with Crippen LogP contribution >= 0.6 is 0 Å². The van der Waals surface area contributed by atoms with Crippen molar-refractivity contribution in [2.24, 2.45) is 0 Å². The lowest BCUT2D eigenvalue weighted by molar-refractivity contribution is 0.0642. The molecule has 7 nitrogen and oxygen atoms in total. The molecule has 184 valence electrons. The molecule has 1 unspecified atom stereocenters. The van der Waals surface area contributed by atoms with E-state index < -0.39 is 0 Å². The average Bonchev–Trinajstić information content (AvgIpc) is 3.15. The standard InChI is InChI=1S/C29H30N4O3/c1-31-14-16-32(17-15-31)20-26(22-10-6-3-7-11-22)30-27(34)23-12-13-24-25(18-23)29(36)33(28(24)35)19-21-8-4-2-5-9-21/h2-13,18,26H,14-17,19-20H2,1H3,(H,30,34). The summed E-state index contributed by atoms with van der Waals surface area (Å²) in [6, 6.07) is 23.9. The van der Waals surface area contributed by atoms with E-state index in [2.05, 4.69) is 22.2 Å². The molecule has 0 aromatic heterocycles. The van der Waals surface area contributed by atoms with Crippen LogP contribution in [0.25, 0.3) is 0 Å². The Labute approximate surface area is 211 Å². The molecule has 2 aliphatic heterocycles. The van der Waals surface area contributed by atoms with E-state index in [1.54, 1.807) is 18.2 Å². The van der Waals surface area contributed by atoms with Gasteiger partial charge in [0.15, 0.2) is 0 Å². The Bertz CT molecular complexity index is 1250. The number of piperazine rings is 1. The van der Waals surface area contributed by atoms with Gasteiger partial charge in [0, 0.05) is 38.3 Å². The minimum atomic E-state index is -0.370. The number of rotatable bonds is 7. The van der Waals surface area contributed by atoms with Crippen LogP contribution in [0.3, 0.4) is 0 Å². The van der Waals surface area contributed by atoms with Crippen molar-refractivity contribution in [2.45, 2.75) is 12.6 Å². The summed E-state index contributed by atoms with van der Waals surface area (Å²) < 4.78 is 0. The van der Waals surface area contributed by atoms with Crippen LogP contribution in [0.2, 0.25) is 0 Å². The minimum Gasteiger partial charge on any atom is -0.344 e. The Kier molecular flexibility index (Phi) is 6.93. The van der Waals surface area contributed by atoms with Gasteiger partial charge in [-0.1, -0.05) is 60.7 Å². The van der Waals surface area contributed by atoms with E-state index in [1.807, 2.05) is 60.7 Å². The monoisotopic (exact) mass is 482 g/mol. The summed E-state index contributed by atoms with van der Waals surface area (Å²) in [7, 11) is 2.12. The van der Waals surface area contributed by atoms with Gasteiger partial charge in [-0.15, -0.1) is 0 Å². The van der Waals surface area contributed by atoms with Gasteiger partial charge in [0.2, 0.25) is 0 Å². The number of nitrogens with zero attached hydrogens (tertiary/aromatic N) is 3. The highest BCUT2D eigenvalue weighted by molar-refractivity contribution is 6.22. The maximum atomic E-state index is 13.3. The zero-order chi connectivity index (χ0) is 25.1. The van der Waals surface area contributed by atoms with Crippen LogP contribution < -0.4 is 5.32 Å². The van der Waals surface area contributed by atoms with Crippen molar-refractivity contribution >= 4 is 17.7 Å². The van der Waals surface area contributed by atoms with E-state index in [0.717, 1.165) is 37.3 Å². The fourth-order valence-electron chi connectivity index (χ4n) is 4.79. The Morgan fingerprint density at radius 1 is 0.833 bits per heavy atom. The summed E-state index contributed by atoms with van der Waals surface area (Å²) in [6.07, 6.45) is 0. The molecular formula is C29H30N4O3. The van der Waals surface area contributed by atoms with Crippen LogP contribution in [-0.4, -0.2) is 72.2 Å². The van der Waals surface area contributed by atoms with E-state index in [0.29, 0.717) is 17.7 Å². The second-order valence-corrected chi connectivity index (χ2v) is 9.48. The van der Waals surface area contributed by atoms with Crippen molar-refractivity contribution in [3.63, 3.8) is 0 Å². The first-order valence-electron chi connectivity index (χ1n) is 12.3. The number of likely N-dealkylation sites (N-methyl/N-ethyl adjacent to an activating group) is 1. The Balaban J connectivity index is 1.33. The molecule has 5 rings (SSSR count). The lowest BCUT2D eigenvalue weighted by Crippen LogP contribution is -2.47. The third kappa shape index (κ3) is 5.08. The number of carbonyl (C=O) groups is 3. The smallest absolute Gasteiger partial charge is 0.261 e. The fourth-order valence-corrected chi connectivity index (χ4v) is 4.79. The van der Waals surface area contributed by atoms with Crippen molar-refractivity contribution in [3.05, 3.63) is 107 Å².